The van der Waals surface area contributed by atoms with E-state index < -0.39 is 6.10 Å². The Balaban J connectivity index is 2.58. The first kappa shape index (κ1) is 14.4. The highest BCUT2D eigenvalue weighted by Crippen LogP contribution is 2.43. The fraction of sp³-hybridized carbons (Fsp3) is 0.467. The largest absolute Gasteiger partial charge is 0.493 e. The standard InChI is InChI=1S/C15H19NO4/c1-4-6-16-11-7-10(9-17)8-13(19-3)14(11)20-12(5-2)15(16)18/h7-9,12H,4-6H2,1-3H3. The van der Waals surface area contributed by atoms with Crippen LogP contribution in [-0.4, -0.2) is 32.0 Å². The van der Waals surface area contributed by atoms with E-state index in [0.29, 0.717) is 35.7 Å². The van der Waals surface area contributed by atoms with Crippen molar-refractivity contribution in [2.45, 2.75) is 32.8 Å². The van der Waals surface area contributed by atoms with Gasteiger partial charge >= 0.3 is 0 Å². The van der Waals surface area contributed by atoms with Crippen molar-refractivity contribution >= 4 is 17.9 Å². The van der Waals surface area contributed by atoms with Crippen molar-refractivity contribution in [1.29, 1.82) is 0 Å². The van der Waals surface area contributed by atoms with Crippen molar-refractivity contribution in [2.75, 3.05) is 18.6 Å². The molecular formula is C15H19NO4. The molecule has 5 heteroatoms. The molecule has 108 valence electrons. The van der Waals surface area contributed by atoms with Gasteiger partial charge in [-0.3, -0.25) is 9.59 Å². The molecule has 0 spiro atoms. The average molecular weight is 277 g/mol. The minimum atomic E-state index is -0.495. The number of hydrogen-bond acceptors (Lipinski definition) is 4. The molecule has 0 fully saturated rings. The van der Waals surface area contributed by atoms with Gasteiger partial charge in [-0.2, -0.15) is 0 Å². The van der Waals surface area contributed by atoms with Crippen LogP contribution in [0.5, 0.6) is 11.5 Å². The van der Waals surface area contributed by atoms with Crippen molar-refractivity contribution < 1.29 is 19.1 Å². The molecule has 0 saturated carbocycles. The lowest BCUT2D eigenvalue weighted by Crippen LogP contribution is -2.46. The molecule has 1 heterocycles. The Morgan fingerprint density at radius 1 is 1.40 bits per heavy atom. The smallest absolute Gasteiger partial charge is 0.268 e. The van der Waals surface area contributed by atoms with Gasteiger partial charge in [0.15, 0.2) is 17.6 Å². The third kappa shape index (κ3) is 2.35. The fourth-order valence-corrected chi connectivity index (χ4v) is 2.34. The van der Waals surface area contributed by atoms with Crippen molar-refractivity contribution in [3.8, 4) is 11.5 Å². The normalized spacial score (nSPS) is 17.4. The maximum atomic E-state index is 12.4. The zero-order valence-corrected chi connectivity index (χ0v) is 12.0. The number of aldehydes is 1. The second-order valence-electron chi connectivity index (χ2n) is 4.69. The van der Waals surface area contributed by atoms with Crippen LogP contribution < -0.4 is 14.4 Å². The Hall–Kier alpha value is -2.04. The van der Waals surface area contributed by atoms with Gasteiger partial charge in [0, 0.05) is 12.1 Å². The number of methoxy groups -OCH3 is 1. The van der Waals surface area contributed by atoms with E-state index in [2.05, 4.69) is 0 Å². The van der Waals surface area contributed by atoms with Crippen LogP contribution in [0.25, 0.3) is 0 Å². The number of fused-ring (bicyclic) bond motifs is 1. The molecule has 1 atom stereocenters. The van der Waals surface area contributed by atoms with E-state index in [-0.39, 0.29) is 5.91 Å². The molecule has 0 radical (unpaired) electrons. The first-order valence-electron chi connectivity index (χ1n) is 6.81. The summed E-state index contributed by atoms with van der Waals surface area (Å²) < 4.78 is 11.0. The van der Waals surface area contributed by atoms with Crippen LogP contribution in [0.2, 0.25) is 0 Å². The molecule has 0 bridgehead atoms. The number of hydrogen-bond donors (Lipinski definition) is 0. The quantitative estimate of drug-likeness (QED) is 0.776. The number of anilines is 1. The monoisotopic (exact) mass is 277 g/mol. The van der Waals surface area contributed by atoms with Gasteiger partial charge in [-0.05, 0) is 25.0 Å². The lowest BCUT2D eigenvalue weighted by molar-refractivity contribution is -0.126. The number of benzene rings is 1. The summed E-state index contributed by atoms with van der Waals surface area (Å²) in [5, 5.41) is 0. The molecular weight excluding hydrogens is 258 g/mol. The molecule has 1 aromatic carbocycles. The van der Waals surface area contributed by atoms with Crippen molar-refractivity contribution in [3.05, 3.63) is 17.7 Å². The molecule has 1 aliphatic rings. The van der Waals surface area contributed by atoms with Crippen LogP contribution >= 0.6 is 0 Å². The zero-order valence-electron chi connectivity index (χ0n) is 12.0. The maximum absolute atomic E-state index is 12.4. The molecule has 1 unspecified atom stereocenters. The summed E-state index contributed by atoms with van der Waals surface area (Å²) in [6.45, 7) is 4.51. The summed E-state index contributed by atoms with van der Waals surface area (Å²) >= 11 is 0. The van der Waals surface area contributed by atoms with Gasteiger partial charge in [-0.25, -0.2) is 0 Å². The number of amides is 1. The number of rotatable bonds is 5. The fourth-order valence-electron chi connectivity index (χ4n) is 2.34. The van der Waals surface area contributed by atoms with Crippen LogP contribution in [-0.2, 0) is 4.79 Å². The Kier molecular flexibility index (Phi) is 4.27. The van der Waals surface area contributed by atoms with Gasteiger partial charge in [0.1, 0.15) is 6.29 Å². The zero-order chi connectivity index (χ0) is 14.7. The summed E-state index contributed by atoms with van der Waals surface area (Å²) in [5.41, 5.74) is 1.08. The van der Waals surface area contributed by atoms with Gasteiger partial charge in [-0.1, -0.05) is 13.8 Å². The Morgan fingerprint density at radius 3 is 2.70 bits per heavy atom. The molecule has 20 heavy (non-hydrogen) atoms. The highest BCUT2D eigenvalue weighted by Gasteiger charge is 2.35. The minimum Gasteiger partial charge on any atom is -0.493 e. The topological polar surface area (TPSA) is 55.8 Å². The highest BCUT2D eigenvalue weighted by molar-refractivity contribution is 6.01. The van der Waals surface area contributed by atoms with Gasteiger partial charge in [-0.15, -0.1) is 0 Å². The third-order valence-electron chi connectivity index (χ3n) is 3.32. The van der Waals surface area contributed by atoms with E-state index in [9.17, 15) is 9.59 Å². The Labute approximate surface area is 118 Å². The lowest BCUT2D eigenvalue weighted by Gasteiger charge is -2.34. The molecule has 0 N–H and O–H groups in total. The molecule has 1 amide bonds. The van der Waals surface area contributed by atoms with E-state index in [1.165, 1.54) is 7.11 Å². The average Bonchev–Trinajstić information content (AvgIpc) is 2.48. The second kappa shape index (κ2) is 5.94. The first-order chi connectivity index (χ1) is 9.65. The van der Waals surface area contributed by atoms with E-state index >= 15 is 0 Å². The van der Waals surface area contributed by atoms with Crippen molar-refractivity contribution in [2.24, 2.45) is 0 Å². The Bertz CT molecular complexity index is 527. The predicted octanol–water partition coefficient (Wildman–Crippen LogP) is 2.42. The second-order valence-corrected chi connectivity index (χ2v) is 4.69. The van der Waals surface area contributed by atoms with Gasteiger partial charge in [0.25, 0.3) is 5.91 Å². The molecule has 2 rings (SSSR count). The molecule has 0 saturated heterocycles. The van der Waals surface area contributed by atoms with Crippen LogP contribution in [0.15, 0.2) is 12.1 Å². The first-order valence-corrected chi connectivity index (χ1v) is 6.81. The summed E-state index contributed by atoms with van der Waals surface area (Å²) in [4.78, 5) is 25.1. The minimum absolute atomic E-state index is 0.0630. The van der Waals surface area contributed by atoms with Crippen LogP contribution in [0, 0.1) is 0 Å². The number of nitrogens with zero attached hydrogens (tertiary/aromatic N) is 1. The summed E-state index contributed by atoms with van der Waals surface area (Å²) in [7, 11) is 1.52. The predicted molar refractivity (Wildman–Crippen MR) is 75.7 cm³/mol. The molecule has 0 aliphatic carbocycles. The summed E-state index contributed by atoms with van der Waals surface area (Å²) in [5.74, 6) is 0.960. The Morgan fingerprint density at radius 2 is 2.15 bits per heavy atom. The lowest BCUT2D eigenvalue weighted by atomic mass is 10.1. The highest BCUT2D eigenvalue weighted by atomic mass is 16.5. The number of ether oxygens (including phenoxy) is 2. The van der Waals surface area contributed by atoms with Crippen molar-refractivity contribution in [3.63, 3.8) is 0 Å². The molecule has 1 aromatic rings. The van der Waals surface area contributed by atoms with E-state index in [1.54, 1.807) is 17.0 Å². The van der Waals surface area contributed by atoms with Gasteiger partial charge in [0.2, 0.25) is 0 Å². The van der Waals surface area contributed by atoms with Crippen molar-refractivity contribution in [1.82, 2.24) is 0 Å². The van der Waals surface area contributed by atoms with Crippen LogP contribution in [0.1, 0.15) is 37.0 Å². The van der Waals surface area contributed by atoms with Crippen LogP contribution in [0.4, 0.5) is 5.69 Å². The molecule has 0 aromatic heterocycles. The third-order valence-corrected chi connectivity index (χ3v) is 3.32. The van der Waals surface area contributed by atoms with Crippen LogP contribution in [0.3, 0.4) is 0 Å². The van der Waals surface area contributed by atoms with E-state index in [4.69, 9.17) is 9.47 Å². The van der Waals surface area contributed by atoms with E-state index in [0.717, 1.165) is 12.7 Å². The summed E-state index contributed by atoms with van der Waals surface area (Å²) in [6.07, 6.45) is 1.67. The van der Waals surface area contributed by atoms with E-state index in [1.807, 2.05) is 13.8 Å². The SMILES string of the molecule is CCCN1C(=O)C(CC)Oc2c(OC)cc(C=O)cc21. The van der Waals surface area contributed by atoms with Gasteiger partial charge in [0.05, 0.1) is 12.8 Å². The molecule has 5 nitrogen and oxygen atoms in total. The maximum Gasteiger partial charge on any atom is 0.268 e. The molecule has 1 aliphatic heterocycles. The summed E-state index contributed by atoms with van der Waals surface area (Å²) in [6, 6.07) is 3.29. The number of carbonyl (C=O) groups is 2. The van der Waals surface area contributed by atoms with Gasteiger partial charge < -0.3 is 14.4 Å². The number of carbonyl (C=O) groups excluding carboxylic acids is 2.